The van der Waals surface area contributed by atoms with Gasteiger partial charge in [-0.1, -0.05) is 38.1 Å². The van der Waals surface area contributed by atoms with Crippen LogP contribution >= 0.6 is 0 Å². The van der Waals surface area contributed by atoms with Gasteiger partial charge in [0.15, 0.2) is 0 Å². The van der Waals surface area contributed by atoms with Gasteiger partial charge in [-0.3, -0.25) is 4.79 Å². The Morgan fingerprint density at radius 2 is 1.03 bits per heavy atom. The maximum atomic E-state index is 10.5. The molecule has 0 saturated carbocycles. The number of hydrogen-bond donors (Lipinski definition) is 0. The molecular formula is C25H38O3Y2-2. The maximum Gasteiger partial charge on any atom is 0.308 e. The fraction of sp³-hybridized carbons (Fsp3) is 0.240. The molecule has 0 unspecified atom stereocenters. The molecule has 0 aromatic heterocycles. The molecular weight excluding hydrogens is 526 g/mol. The molecule has 0 aliphatic rings. The smallest absolute Gasteiger partial charge is 0.308 e. The number of hydrogen-bond acceptors (Lipinski definition) is 3. The molecule has 0 amide bonds. The minimum atomic E-state index is -0.278. The fourth-order valence-electron chi connectivity index (χ4n) is 1.82. The molecule has 0 heterocycles. The van der Waals surface area contributed by atoms with E-state index >= 15 is 0 Å². The van der Waals surface area contributed by atoms with Crippen molar-refractivity contribution in [3.8, 4) is 11.5 Å². The largest absolute Gasteiger partial charge is 0.497 e. The van der Waals surface area contributed by atoms with E-state index in [1.54, 1.807) is 19.2 Å². The first-order chi connectivity index (χ1) is 12.6. The van der Waals surface area contributed by atoms with Crippen molar-refractivity contribution in [2.24, 2.45) is 0 Å². The van der Waals surface area contributed by atoms with Crippen LogP contribution in [0.5, 0.6) is 11.5 Å². The number of carbonyl (C=O) groups excluding carboxylic acids is 1. The van der Waals surface area contributed by atoms with Crippen LogP contribution in [0.1, 0.15) is 31.9 Å². The first-order valence-electron chi connectivity index (χ1n) is 8.49. The van der Waals surface area contributed by atoms with Crippen molar-refractivity contribution < 1.29 is 79.7 Å². The summed E-state index contributed by atoms with van der Waals surface area (Å²) >= 11 is 0. The number of rotatable bonds is 4. The molecule has 0 aliphatic carbocycles. The van der Waals surface area contributed by atoms with E-state index in [1.807, 2.05) is 24.3 Å². The Labute approximate surface area is 236 Å². The molecule has 2 aromatic rings. The van der Waals surface area contributed by atoms with Crippen LogP contribution in [0.3, 0.4) is 0 Å². The van der Waals surface area contributed by atoms with Crippen molar-refractivity contribution >= 4 is 5.97 Å². The molecule has 2 aromatic carbocycles. The molecule has 2 rings (SSSR count). The Balaban J connectivity index is -0.0000000743. The summed E-state index contributed by atoms with van der Waals surface area (Å²) in [6.45, 7) is 17.6. The molecule has 0 fully saturated rings. The number of methoxy groups -OCH3 is 1. The van der Waals surface area contributed by atoms with Gasteiger partial charge in [0, 0.05) is 72.3 Å². The van der Waals surface area contributed by atoms with Gasteiger partial charge in [-0.25, -0.2) is 0 Å². The van der Waals surface area contributed by atoms with Crippen LogP contribution < -0.4 is 9.47 Å². The summed E-state index contributed by atoms with van der Waals surface area (Å²) in [6.07, 6.45) is 2.09. The number of benzene rings is 2. The van der Waals surface area contributed by atoms with Crippen LogP contribution in [0.4, 0.5) is 0 Å². The molecule has 0 bridgehead atoms. The van der Waals surface area contributed by atoms with E-state index in [0.717, 1.165) is 18.6 Å². The summed E-state index contributed by atoms with van der Waals surface area (Å²) in [6, 6.07) is 15.7. The van der Waals surface area contributed by atoms with Gasteiger partial charge in [0.2, 0.25) is 0 Å². The van der Waals surface area contributed by atoms with Gasteiger partial charge in [-0.15, -0.1) is 26.3 Å². The van der Waals surface area contributed by atoms with Crippen molar-refractivity contribution in [1.29, 1.82) is 0 Å². The zero-order chi connectivity index (χ0) is 20.4. The predicted octanol–water partition coefficient (Wildman–Crippen LogP) is 6.93. The van der Waals surface area contributed by atoms with Crippen molar-refractivity contribution in [2.45, 2.75) is 33.6 Å². The first kappa shape index (κ1) is 43.3. The Kier molecular flexibility index (Phi) is 44.2. The van der Waals surface area contributed by atoms with Gasteiger partial charge >= 0.3 is 5.97 Å². The average Bonchev–Trinajstić information content (AvgIpc) is 2.71. The maximum absolute atomic E-state index is 10.5. The molecule has 0 N–H and O–H groups in total. The SMILES string of the molecule is C=C.C=C.CCc1ccc(OC(C)=O)cc1.CCc1ccc(OC)cc1.[CH3-].[CH3-].[Y].[Y]. The molecule has 5 heteroatoms. The van der Waals surface area contributed by atoms with Crippen LogP contribution in [0.2, 0.25) is 0 Å². The first-order valence-corrected chi connectivity index (χ1v) is 8.49. The van der Waals surface area contributed by atoms with Gasteiger partial charge in [0.25, 0.3) is 0 Å². The molecule has 30 heavy (non-hydrogen) atoms. The van der Waals surface area contributed by atoms with Gasteiger partial charge in [-0.05, 0) is 48.2 Å². The van der Waals surface area contributed by atoms with Gasteiger partial charge in [0.1, 0.15) is 11.5 Å². The molecule has 0 spiro atoms. The number of carbonyl (C=O) groups is 1. The van der Waals surface area contributed by atoms with Crippen LogP contribution in [0, 0.1) is 14.9 Å². The van der Waals surface area contributed by atoms with Crippen molar-refractivity contribution in [2.75, 3.05) is 7.11 Å². The molecule has 0 atom stereocenters. The third-order valence-electron chi connectivity index (χ3n) is 3.16. The van der Waals surface area contributed by atoms with Gasteiger partial charge < -0.3 is 24.3 Å². The monoisotopic (exact) mass is 564 g/mol. The summed E-state index contributed by atoms with van der Waals surface area (Å²) in [7, 11) is 1.68. The van der Waals surface area contributed by atoms with E-state index in [2.05, 4.69) is 52.3 Å². The van der Waals surface area contributed by atoms with E-state index in [4.69, 9.17) is 9.47 Å². The second kappa shape index (κ2) is 30.6. The van der Waals surface area contributed by atoms with Crippen molar-refractivity contribution in [3.05, 3.63) is 101 Å². The third-order valence-corrected chi connectivity index (χ3v) is 3.16. The van der Waals surface area contributed by atoms with Crippen molar-refractivity contribution in [3.63, 3.8) is 0 Å². The fourth-order valence-corrected chi connectivity index (χ4v) is 1.82. The molecule has 164 valence electrons. The van der Waals surface area contributed by atoms with E-state index in [-0.39, 0.29) is 86.2 Å². The van der Waals surface area contributed by atoms with E-state index in [9.17, 15) is 4.79 Å². The standard InChI is InChI=1S/C10H12O2.C9H12O.2C2H4.2CH3.2Y/c1-3-9-4-6-10(7-5-9)12-8(2)11;1-3-8-4-6-9(10-2)7-5-8;2*1-2;;;;/h4-7H,3H2,1-2H3;4-7H,3H2,1-2H3;2*1-2H2;2*1H3;;/q;;;;2*-1;;. The van der Waals surface area contributed by atoms with Crippen LogP contribution in [-0.4, -0.2) is 13.1 Å². The van der Waals surface area contributed by atoms with Crippen LogP contribution in [0.25, 0.3) is 0 Å². The molecule has 2 radical (unpaired) electrons. The Morgan fingerprint density at radius 3 is 1.27 bits per heavy atom. The van der Waals surface area contributed by atoms with Gasteiger partial charge in [0.05, 0.1) is 7.11 Å². The third kappa shape index (κ3) is 22.1. The summed E-state index contributed by atoms with van der Waals surface area (Å²) in [4.78, 5) is 10.5. The number of esters is 1. The van der Waals surface area contributed by atoms with Crippen LogP contribution in [0.15, 0.2) is 74.8 Å². The summed E-state index contributed by atoms with van der Waals surface area (Å²) in [5, 5.41) is 0. The topological polar surface area (TPSA) is 35.5 Å². The zero-order valence-corrected chi connectivity index (χ0v) is 25.4. The second-order valence-electron chi connectivity index (χ2n) is 4.79. The summed E-state index contributed by atoms with van der Waals surface area (Å²) in [5.74, 6) is 1.26. The van der Waals surface area contributed by atoms with Crippen molar-refractivity contribution in [1.82, 2.24) is 0 Å². The molecule has 0 saturated heterocycles. The zero-order valence-electron chi connectivity index (χ0n) is 19.7. The number of aryl methyl sites for hydroxylation is 2. The van der Waals surface area contributed by atoms with Crippen LogP contribution in [-0.2, 0) is 83.1 Å². The number of ether oxygens (including phenoxy) is 2. The quantitative estimate of drug-likeness (QED) is 0.175. The molecule has 3 nitrogen and oxygen atoms in total. The van der Waals surface area contributed by atoms with Gasteiger partial charge in [-0.2, -0.15) is 0 Å². The Bertz CT molecular complexity index is 572. The second-order valence-corrected chi connectivity index (χ2v) is 4.79. The summed E-state index contributed by atoms with van der Waals surface area (Å²) < 4.78 is 9.89. The average molecular weight is 564 g/mol. The normalized spacial score (nSPS) is 7.20. The Hall–Kier alpha value is -0.602. The molecule has 0 aliphatic heterocycles. The Morgan fingerprint density at radius 1 is 0.733 bits per heavy atom. The van der Waals surface area contributed by atoms with E-state index < -0.39 is 0 Å². The predicted molar refractivity (Wildman–Crippen MR) is 125 cm³/mol. The minimum absolute atomic E-state index is 0. The van der Waals surface area contributed by atoms with E-state index in [0.29, 0.717) is 5.75 Å². The summed E-state index contributed by atoms with van der Waals surface area (Å²) in [5.41, 5.74) is 2.59. The van der Waals surface area contributed by atoms with E-state index in [1.165, 1.54) is 18.1 Å². The minimum Gasteiger partial charge on any atom is -0.497 e.